The first-order chi connectivity index (χ1) is 6.98. The van der Waals surface area contributed by atoms with Gasteiger partial charge in [0.15, 0.2) is 0 Å². The largest absolute Gasteiger partial charge is 0.388 e. The summed E-state index contributed by atoms with van der Waals surface area (Å²) in [6, 6.07) is 0. The van der Waals surface area contributed by atoms with E-state index in [1.165, 1.54) is 7.11 Å². The molecule has 7 heteroatoms. The van der Waals surface area contributed by atoms with E-state index in [4.69, 9.17) is 11.1 Å². The second-order valence-electron chi connectivity index (χ2n) is 3.19. The van der Waals surface area contributed by atoms with Crippen molar-refractivity contribution in [2.45, 2.75) is 19.3 Å². The predicted octanol–water partition coefficient (Wildman–Crippen LogP) is -0.342. The monoisotopic (exact) mass is 237 g/mol. The Balaban J connectivity index is 3.53. The first kappa shape index (κ1) is 14.3. The summed E-state index contributed by atoms with van der Waals surface area (Å²) in [5.74, 6) is 0.119. The van der Waals surface area contributed by atoms with Crippen molar-refractivity contribution in [1.82, 2.24) is 4.72 Å². The highest BCUT2D eigenvalue weighted by Gasteiger charge is 2.07. The third-order valence-corrected chi connectivity index (χ3v) is 3.10. The van der Waals surface area contributed by atoms with E-state index in [0.717, 1.165) is 6.42 Å². The zero-order valence-electron chi connectivity index (χ0n) is 8.95. The van der Waals surface area contributed by atoms with Gasteiger partial charge < -0.3 is 10.5 Å². The molecule has 0 spiro atoms. The van der Waals surface area contributed by atoms with E-state index in [9.17, 15) is 8.42 Å². The summed E-state index contributed by atoms with van der Waals surface area (Å²) in [5, 5.41) is 6.97. The van der Waals surface area contributed by atoms with E-state index in [2.05, 4.69) is 9.46 Å². The highest BCUT2D eigenvalue weighted by atomic mass is 32.2. The maximum Gasteiger partial charge on any atom is 0.213 e. The molecule has 6 nitrogen and oxygen atoms in total. The number of hydrogen-bond acceptors (Lipinski definition) is 4. The minimum Gasteiger partial charge on any atom is -0.388 e. The quantitative estimate of drug-likeness (QED) is 0.290. The number of methoxy groups -OCH3 is 1. The summed E-state index contributed by atoms with van der Waals surface area (Å²) in [6.07, 6.45) is 1.92. The van der Waals surface area contributed by atoms with Crippen molar-refractivity contribution in [3.05, 3.63) is 0 Å². The normalized spacial score (nSPS) is 11.5. The van der Waals surface area contributed by atoms with E-state index in [1.807, 2.05) is 0 Å². The Bertz CT molecular complexity index is 277. The molecule has 0 bridgehead atoms. The Morgan fingerprint density at radius 3 is 2.67 bits per heavy atom. The molecule has 0 saturated carbocycles. The van der Waals surface area contributed by atoms with Crippen LogP contribution in [0.5, 0.6) is 0 Å². The van der Waals surface area contributed by atoms with E-state index < -0.39 is 10.0 Å². The van der Waals surface area contributed by atoms with Crippen molar-refractivity contribution < 1.29 is 13.2 Å². The number of ether oxygens (including phenoxy) is 1. The second-order valence-corrected chi connectivity index (χ2v) is 5.11. The van der Waals surface area contributed by atoms with E-state index >= 15 is 0 Å². The molecule has 0 heterocycles. The lowest BCUT2D eigenvalue weighted by molar-refractivity contribution is 0.217. The first-order valence-corrected chi connectivity index (χ1v) is 6.42. The molecule has 0 fully saturated rings. The third-order valence-electron chi connectivity index (χ3n) is 1.75. The molecule has 0 aromatic rings. The summed E-state index contributed by atoms with van der Waals surface area (Å²) in [7, 11) is -1.74. The van der Waals surface area contributed by atoms with Crippen LogP contribution in [0.2, 0.25) is 0 Å². The lowest BCUT2D eigenvalue weighted by atomic mass is 10.2. The molecule has 0 radical (unpaired) electrons. The standard InChI is InChI=1S/C8H19N3O3S/c1-14-6-7-15(12,13)11-5-3-2-4-8(9)10/h11H,2-7H2,1H3,(H3,9,10). The van der Waals surface area contributed by atoms with E-state index in [-0.39, 0.29) is 18.2 Å². The van der Waals surface area contributed by atoms with Crippen LogP contribution in [0.15, 0.2) is 0 Å². The van der Waals surface area contributed by atoms with Gasteiger partial charge in [0, 0.05) is 20.1 Å². The third kappa shape index (κ3) is 9.64. The van der Waals surface area contributed by atoms with Crippen LogP contribution in [0.4, 0.5) is 0 Å². The minimum atomic E-state index is -3.20. The molecule has 0 aliphatic heterocycles. The van der Waals surface area contributed by atoms with Crippen LogP contribution in [0.1, 0.15) is 19.3 Å². The molecule has 15 heavy (non-hydrogen) atoms. The van der Waals surface area contributed by atoms with Gasteiger partial charge in [0.25, 0.3) is 0 Å². The van der Waals surface area contributed by atoms with Gasteiger partial charge in [-0.25, -0.2) is 13.1 Å². The molecule has 90 valence electrons. The molecular formula is C8H19N3O3S. The van der Waals surface area contributed by atoms with Crippen molar-refractivity contribution >= 4 is 15.9 Å². The fourth-order valence-electron chi connectivity index (χ4n) is 0.933. The summed E-state index contributed by atoms with van der Waals surface area (Å²) in [5.41, 5.74) is 5.15. The fraction of sp³-hybridized carbons (Fsp3) is 0.875. The number of unbranched alkanes of at least 4 members (excludes halogenated alkanes) is 1. The maximum absolute atomic E-state index is 11.2. The molecule has 0 atom stereocenters. The molecule has 0 aliphatic carbocycles. The molecular weight excluding hydrogens is 218 g/mol. The molecule has 0 amide bonds. The topological polar surface area (TPSA) is 105 Å². The average molecular weight is 237 g/mol. The lowest BCUT2D eigenvalue weighted by Gasteiger charge is -2.05. The Labute approximate surface area is 90.7 Å². The molecule has 0 saturated heterocycles. The van der Waals surface area contributed by atoms with Crippen molar-refractivity contribution in [1.29, 1.82) is 5.41 Å². The van der Waals surface area contributed by atoms with Gasteiger partial charge in [0.2, 0.25) is 10.0 Å². The number of amidine groups is 1. The van der Waals surface area contributed by atoms with Gasteiger partial charge in [-0.1, -0.05) is 0 Å². The number of hydrogen-bond donors (Lipinski definition) is 3. The highest BCUT2D eigenvalue weighted by Crippen LogP contribution is 1.94. The molecule has 0 rings (SSSR count). The van der Waals surface area contributed by atoms with E-state index in [1.54, 1.807) is 0 Å². The Hall–Kier alpha value is -0.660. The average Bonchev–Trinajstić information content (AvgIpc) is 2.14. The summed E-state index contributed by atoms with van der Waals surface area (Å²) >= 11 is 0. The Kier molecular flexibility index (Phi) is 7.27. The summed E-state index contributed by atoms with van der Waals surface area (Å²) in [6.45, 7) is 0.585. The number of sulfonamides is 1. The predicted molar refractivity (Wildman–Crippen MR) is 59.4 cm³/mol. The van der Waals surface area contributed by atoms with Crippen LogP contribution in [-0.2, 0) is 14.8 Å². The van der Waals surface area contributed by atoms with Crippen LogP contribution >= 0.6 is 0 Å². The molecule has 0 aromatic heterocycles. The van der Waals surface area contributed by atoms with Crippen LogP contribution in [0, 0.1) is 5.41 Å². The minimum absolute atomic E-state index is 0.0177. The van der Waals surface area contributed by atoms with Crippen molar-refractivity contribution in [3.63, 3.8) is 0 Å². The number of rotatable bonds is 9. The molecule has 4 N–H and O–H groups in total. The number of nitrogens with one attached hydrogen (secondary N) is 2. The van der Waals surface area contributed by atoms with Crippen LogP contribution in [0.3, 0.4) is 0 Å². The summed E-state index contributed by atoms with van der Waals surface area (Å²) < 4.78 is 29.6. The smallest absolute Gasteiger partial charge is 0.213 e. The zero-order valence-corrected chi connectivity index (χ0v) is 9.77. The Morgan fingerprint density at radius 1 is 1.47 bits per heavy atom. The lowest BCUT2D eigenvalue weighted by Crippen LogP contribution is -2.29. The van der Waals surface area contributed by atoms with Gasteiger partial charge in [-0.15, -0.1) is 0 Å². The fourth-order valence-corrected chi connectivity index (χ4v) is 1.92. The Morgan fingerprint density at radius 2 is 2.13 bits per heavy atom. The first-order valence-electron chi connectivity index (χ1n) is 4.77. The van der Waals surface area contributed by atoms with Crippen LogP contribution < -0.4 is 10.5 Å². The molecule has 0 aromatic carbocycles. The molecule has 0 aliphatic rings. The zero-order chi connectivity index (χ0) is 11.7. The SMILES string of the molecule is COCCS(=O)(=O)NCCCCC(=N)N. The van der Waals surface area contributed by atoms with Gasteiger partial charge in [-0.3, -0.25) is 5.41 Å². The van der Waals surface area contributed by atoms with Gasteiger partial charge in [-0.05, 0) is 12.8 Å². The van der Waals surface area contributed by atoms with Crippen LogP contribution in [0.25, 0.3) is 0 Å². The second kappa shape index (κ2) is 7.61. The van der Waals surface area contributed by atoms with Crippen molar-refractivity contribution in [3.8, 4) is 0 Å². The van der Waals surface area contributed by atoms with Crippen molar-refractivity contribution in [2.75, 3.05) is 26.0 Å². The van der Waals surface area contributed by atoms with Gasteiger partial charge in [0.1, 0.15) is 0 Å². The maximum atomic E-state index is 11.2. The van der Waals surface area contributed by atoms with Gasteiger partial charge >= 0.3 is 0 Å². The van der Waals surface area contributed by atoms with Crippen LogP contribution in [-0.4, -0.2) is 40.3 Å². The highest BCUT2D eigenvalue weighted by molar-refractivity contribution is 7.89. The van der Waals surface area contributed by atoms with Crippen molar-refractivity contribution in [2.24, 2.45) is 5.73 Å². The van der Waals surface area contributed by atoms with E-state index in [0.29, 0.717) is 19.4 Å². The van der Waals surface area contributed by atoms with Gasteiger partial charge in [-0.2, -0.15) is 0 Å². The van der Waals surface area contributed by atoms with Gasteiger partial charge in [0.05, 0.1) is 18.2 Å². The number of nitrogens with two attached hydrogens (primary N) is 1. The molecule has 0 unspecified atom stereocenters. The summed E-state index contributed by atoms with van der Waals surface area (Å²) in [4.78, 5) is 0.